The molecule has 0 saturated heterocycles. The lowest BCUT2D eigenvalue weighted by molar-refractivity contribution is -0.118. The summed E-state index contributed by atoms with van der Waals surface area (Å²) in [5.74, 6) is 0.131. The van der Waals surface area contributed by atoms with Crippen molar-refractivity contribution in [2.75, 3.05) is 25.0 Å². The van der Waals surface area contributed by atoms with Crippen LogP contribution in [0.1, 0.15) is 42.6 Å². The minimum atomic E-state index is -0.162. The summed E-state index contributed by atoms with van der Waals surface area (Å²) in [5, 5.41) is 9.35. The van der Waals surface area contributed by atoms with Crippen molar-refractivity contribution >= 4 is 17.4 Å². The Bertz CT molecular complexity index is 543. The molecule has 0 aromatic heterocycles. The van der Waals surface area contributed by atoms with Crippen LogP contribution >= 0.6 is 0 Å². The number of hydrogen-bond donors (Lipinski definition) is 3. The van der Waals surface area contributed by atoms with Gasteiger partial charge in [0.15, 0.2) is 5.78 Å². The number of rotatable bonds is 8. The van der Waals surface area contributed by atoms with Gasteiger partial charge >= 0.3 is 0 Å². The molecule has 1 heterocycles. The minimum absolute atomic E-state index is 0.0186. The predicted octanol–water partition coefficient (Wildman–Crippen LogP) is 1.73. The van der Waals surface area contributed by atoms with Crippen LogP contribution in [-0.4, -0.2) is 37.4 Å². The van der Waals surface area contributed by atoms with Crippen molar-refractivity contribution in [3.63, 3.8) is 0 Å². The van der Waals surface area contributed by atoms with Crippen LogP contribution in [0.3, 0.4) is 0 Å². The summed E-state index contributed by atoms with van der Waals surface area (Å²) in [5.41, 5.74) is 3.16. The number of fused-ring (bicyclic) bond motifs is 1. The number of ketones is 1. The third-order valence-electron chi connectivity index (χ3n) is 3.94. The topological polar surface area (TPSA) is 70.2 Å². The number of benzene rings is 1. The van der Waals surface area contributed by atoms with E-state index in [1.54, 1.807) is 0 Å². The molecule has 120 valence electrons. The normalized spacial score (nSPS) is 14.1. The highest BCUT2D eigenvalue weighted by molar-refractivity contribution is 6.00. The van der Waals surface area contributed by atoms with Crippen molar-refractivity contribution in [3.05, 3.63) is 29.3 Å². The van der Waals surface area contributed by atoms with Crippen molar-refractivity contribution in [3.8, 4) is 0 Å². The lowest BCUT2D eigenvalue weighted by atomic mass is 9.99. The van der Waals surface area contributed by atoms with Gasteiger partial charge in [-0.15, -0.1) is 0 Å². The van der Waals surface area contributed by atoms with Crippen LogP contribution < -0.4 is 16.0 Å². The molecule has 1 amide bonds. The van der Waals surface area contributed by atoms with Crippen LogP contribution in [0.2, 0.25) is 0 Å². The van der Waals surface area contributed by atoms with Gasteiger partial charge in [-0.2, -0.15) is 0 Å². The molecular formula is C17H25N3O2. The van der Waals surface area contributed by atoms with E-state index in [9.17, 15) is 9.59 Å². The largest absolute Gasteiger partial charge is 0.384 e. The van der Waals surface area contributed by atoms with Gasteiger partial charge in [-0.05, 0) is 49.6 Å². The van der Waals surface area contributed by atoms with Crippen LogP contribution in [-0.2, 0) is 11.2 Å². The van der Waals surface area contributed by atoms with E-state index in [2.05, 4.69) is 16.0 Å². The fraction of sp³-hybridized carbons (Fsp3) is 0.529. The van der Waals surface area contributed by atoms with E-state index in [1.807, 2.05) is 25.1 Å². The highest BCUT2D eigenvalue weighted by Gasteiger charge is 2.19. The van der Waals surface area contributed by atoms with Gasteiger partial charge in [0, 0.05) is 31.3 Å². The Morgan fingerprint density at radius 1 is 1.32 bits per heavy atom. The molecule has 1 aromatic carbocycles. The molecular weight excluding hydrogens is 278 g/mol. The number of anilines is 1. The van der Waals surface area contributed by atoms with Crippen LogP contribution in [0.25, 0.3) is 0 Å². The maximum absolute atomic E-state index is 12.6. The number of nitrogens with one attached hydrogen (secondary N) is 3. The van der Waals surface area contributed by atoms with E-state index in [0.717, 1.165) is 43.6 Å². The van der Waals surface area contributed by atoms with Crippen LogP contribution in [0.4, 0.5) is 5.69 Å². The summed E-state index contributed by atoms with van der Waals surface area (Å²) >= 11 is 0. The number of carbonyl (C=O) groups is 2. The van der Waals surface area contributed by atoms with Gasteiger partial charge in [0.05, 0.1) is 6.04 Å². The molecule has 1 unspecified atom stereocenters. The molecule has 3 N–H and O–H groups in total. The highest BCUT2D eigenvalue weighted by atomic mass is 16.1. The quantitative estimate of drug-likeness (QED) is 0.505. The summed E-state index contributed by atoms with van der Waals surface area (Å²) in [6.45, 7) is 5.83. The average Bonchev–Trinajstić information content (AvgIpc) is 2.97. The summed E-state index contributed by atoms with van der Waals surface area (Å²) in [6.07, 6.45) is 2.56. The third-order valence-corrected chi connectivity index (χ3v) is 3.94. The number of carbonyl (C=O) groups excluding carboxylic acids is 2. The summed E-state index contributed by atoms with van der Waals surface area (Å²) in [4.78, 5) is 23.4. The van der Waals surface area contributed by atoms with Crippen molar-refractivity contribution in [2.45, 2.75) is 39.2 Å². The van der Waals surface area contributed by atoms with E-state index < -0.39 is 0 Å². The molecule has 0 aliphatic carbocycles. The van der Waals surface area contributed by atoms with Crippen LogP contribution in [0.15, 0.2) is 18.2 Å². The zero-order chi connectivity index (χ0) is 15.9. The molecule has 0 radical (unpaired) electrons. The van der Waals surface area contributed by atoms with E-state index in [4.69, 9.17) is 0 Å². The maximum Gasteiger partial charge on any atom is 0.216 e. The second-order valence-corrected chi connectivity index (χ2v) is 5.66. The number of hydrogen-bond acceptors (Lipinski definition) is 4. The average molecular weight is 303 g/mol. The SMILES string of the molecule is CCC(NCCCNC(C)=O)C(=O)c1ccc2c(c1)CCN2. The lowest BCUT2D eigenvalue weighted by Gasteiger charge is -2.16. The maximum atomic E-state index is 12.6. The Morgan fingerprint density at radius 3 is 2.86 bits per heavy atom. The highest BCUT2D eigenvalue weighted by Crippen LogP contribution is 2.23. The first-order valence-corrected chi connectivity index (χ1v) is 8.00. The molecule has 2 rings (SSSR count). The minimum Gasteiger partial charge on any atom is -0.384 e. The Kier molecular flexibility index (Phi) is 5.95. The van der Waals surface area contributed by atoms with Gasteiger partial charge in [0.2, 0.25) is 5.91 Å². The lowest BCUT2D eigenvalue weighted by Crippen LogP contribution is -2.38. The Hall–Kier alpha value is -1.88. The van der Waals surface area contributed by atoms with Crippen LogP contribution in [0, 0.1) is 0 Å². The Labute approximate surface area is 131 Å². The first-order chi connectivity index (χ1) is 10.6. The number of Topliss-reactive ketones (excluding diaryl/α,β-unsaturated/α-hetero) is 1. The zero-order valence-corrected chi connectivity index (χ0v) is 13.4. The molecule has 1 aliphatic rings. The van der Waals surface area contributed by atoms with Crippen molar-refractivity contribution in [1.29, 1.82) is 0 Å². The fourth-order valence-corrected chi connectivity index (χ4v) is 2.71. The van der Waals surface area contributed by atoms with E-state index >= 15 is 0 Å². The second kappa shape index (κ2) is 7.94. The molecule has 22 heavy (non-hydrogen) atoms. The summed E-state index contributed by atoms with van der Waals surface area (Å²) < 4.78 is 0. The molecule has 0 fully saturated rings. The molecule has 1 aromatic rings. The van der Waals surface area contributed by atoms with Gasteiger partial charge in [-0.1, -0.05) is 6.92 Å². The van der Waals surface area contributed by atoms with E-state index in [0.29, 0.717) is 6.54 Å². The number of amides is 1. The molecule has 0 spiro atoms. The van der Waals surface area contributed by atoms with Gasteiger partial charge in [0.25, 0.3) is 0 Å². The monoisotopic (exact) mass is 303 g/mol. The molecule has 1 atom stereocenters. The second-order valence-electron chi connectivity index (χ2n) is 5.66. The van der Waals surface area contributed by atoms with Crippen molar-refractivity contribution in [1.82, 2.24) is 10.6 Å². The standard InChI is InChI=1S/C17H25N3O2/c1-3-15(19-9-4-8-18-12(2)21)17(22)14-5-6-16-13(11-14)7-10-20-16/h5-6,11,15,19-20H,3-4,7-10H2,1-2H3,(H,18,21). The molecule has 0 bridgehead atoms. The molecule has 5 heteroatoms. The first kappa shape index (κ1) is 16.5. The van der Waals surface area contributed by atoms with Crippen LogP contribution in [0.5, 0.6) is 0 Å². The van der Waals surface area contributed by atoms with Crippen molar-refractivity contribution < 1.29 is 9.59 Å². The van der Waals surface area contributed by atoms with Gasteiger partial charge in [0.1, 0.15) is 0 Å². The summed E-state index contributed by atoms with van der Waals surface area (Å²) in [7, 11) is 0. The van der Waals surface area contributed by atoms with E-state index in [-0.39, 0.29) is 17.7 Å². The van der Waals surface area contributed by atoms with E-state index in [1.165, 1.54) is 12.5 Å². The molecule has 0 saturated carbocycles. The third kappa shape index (κ3) is 4.31. The smallest absolute Gasteiger partial charge is 0.216 e. The molecule has 1 aliphatic heterocycles. The van der Waals surface area contributed by atoms with Gasteiger partial charge in [-0.25, -0.2) is 0 Å². The first-order valence-electron chi connectivity index (χ1n) is 8.00. The van der Waals surface area contributed by atoms with Gasteiger partial charge < -0.3 is 16.0 Å². The van der Waals surface area contributed by atoms with Gasteiger partial charge in [-0.3, -0.25) is 9.59 Å². The molecule has 5 nitrogen and oxygen atoms in total. The summed E-state index contributed by atoms with van der Waals surface area (Å²) in [6, 6.07) is 5.75. The Morgan fingerprint density at radius 2 is 2.14 bits per heavy atom. The fourth-order valence-electron chi connectivity index (χ4n) is 2.71. The zero-order valence-electron chi connectivity index (χ0n) is 13.4. The Balaban J connectivity index is 1.87. The van der Waals surface area contributed by atoms with Crippen molar-refractivity contribution in [2.24, 2.45) is 0 Å². The predicted molar refractivity (Wildman–Crippen MR) is 88.3 cm³/mol.